The predicted molar refractivity (Wildman–Crippen MR) is 88.3 cm³/mol. The summed E-state index contributed by atoms with van der Waals surface area (Å²) in [4.78, 5) is 25.8. The van der Waals surface area contributed by atoms with Gasteiger partial charge in [-0.1, -0.05) is 20.8 Å². The van der Waals surface area contributed by atoms with E-state index in [2.05, 4.69) is 30.7 Å². The van der Waals surface area contributed by atoms with Crippen LogP contribution in [0.15, 0.2) is 6.20 Å². The van der Waals surface area contributed by atoms with Crippen molar-refractivity contribution in [3.63, 3.8) is 0 Å². The molecule has 2 aliphatic heterocycles. The molecule has 3 rings (SSSR count). The first kappa shape index (κ1) is 16.2. The summed E-state index contributed by atoms with van der Waals surface area (Å²) in [6.07, 6.45) is 3.34. The molecule has 1 saturated heterocycles. The van der Waals surface area contributed by atoms with Gasteiger partial charge in [-0.2, -0.15) is 0 Å². The van der Waals surface area contributed by atoms with E-state index in [1.165, 1.54) is 5.56 Å². The van der Waals surface area contributed by atoms with Crippen LogP contribution in [-0.4, -0.2) is 53.6 Å². The van der Waals surface area contributed by atoms with Crippen LogP contribution in [0.2, 0.25) is 0 Å². The van der Waals surface area contributed by atoms with Crippen LogP contribution >= 0.6 is 0 Å². The zero-order valence-corrected chi connectivity index (χ0v) is 14.3. The zero-order valence-electron chi connectivity index (χ0n) is 14.3. The molecule has 0 N–H and O–H groups in total. The highest BCUT2D eigenvalue weighted by molar-refractivity contribution is 5.77. The summed E-state index contributed by atoms with van der Waals surface area (Å²) < 4.78 is 5.38. The van der Waals surface area contributed by atoms with Crippen molar-refractivity contribution in [1.29, 1.82) is 0 Å². The lowest BCUT2D eigenvalue weighted by Gasteiger charge is -2.32. The van der Waals surface area contributed by atoms with Crippen molar-refractivity contribution < 1.29 is 9.53 Å². The summed E-state index contributed by atoms with van der Waals surface area (Å²) in [6.45, 7) is 10.8. The quantitative estimate of drug-likeness (QED) is 0.829. The molecular formula is C17H26N4O2. The second-order valence-corrected chi connectivity index (χ2v) is 7.54. The lowest BCUT2D eigenvalue weighted by atomic mass is 9.91. The second-order valence-electron chi connectivity index (χ2n) is 7.54. The molecule has 0 unspecified atom stereocenters. The minimum Gasteiger partial charge on any atom is -0.378 e. The summed E-state index contributed by atoms with van der Waals surface area (Å²) in [7, 11) is 0. The van der Waals surface area contributed by atoms with Crippen molar-refractivity contribution in [2.24, 2.45) is 5.41 Å². The summed E-state index contributed by atoms with van der Waals surface area (Å²) in [5.41, 5.74) is 2.18. The summed E-state index contributed by atoms with van der Waals surface area (Å²) in [5, 5.41) is 0. The molecule has 1 fully saturated rings. The summed E-state index contributed by atoms with van der Waals surface area (Å²) in [6, 6.07) is 0. The minimum atomic E-state index is 0.0159. The number of hydrogen-bond donors (Lipinski definition) is 0. The first-order chi connectivity index (χ1) is 10.9. The number of morpholine rings is 1. The van der Waals surface area contributed by atoms with Crippen LogP contribution in [0.25, 0.3) is 0 Å². The van der Waals surface area contributed by atoms with Gasteiger partial charge in [0.2, 0.25) is 11.9 Å². The lowest BCUT2D eigenvalue weighted by molar-refractivity contribution is -0.134. The first-order valence-corrected chi connectivity index (χ1v) is 8.38. The van der Waals surface area contributed by atoms with Crippen LogP contribution in [-0.2, 0) is 22.5 Å². The molecule has 0 spiro atoms. The van der Waals surface area contributed by atoms with Gasteiger partial charge in [-0.05, 0) is 17.4 Å². The van der Waals surface area contributed by atoms with E-state index in [1.54, 1.807) is 0 Å². The average Bonchev–Trinajstić information content (AvgIpc) is 2.53. The SMILES string of the molecule is CC(C)(C)CC(=O)N1CCc2cnc(N3CCOCC3)nc2C1. The van der Waals surface area contributed by atoms with E-state index in [9.17, 15) is 4.79 Å². The molecule has 6 heteroatoms. The molecule has 2 aliphatic rings. The Morgan fingerprint density at radius 2 is 2.00 bits per heavy atom. The van der Waals surface area contributed by atoms with E-state index in [0.29, 0.717) is 13.0 Å². The molecule has 23 heavy (non-hydrogen) atoms. The molecule has 3 heterocycles. The van der Waals surface area contributed by atoms with Crippen molar-refractivity contribution in [3.05, 3.63) is 17.5 Å². The smallest absolute Gasteiger partial charge is 0.225 e. The minimum absolute atomic E-state index is 0.0159. The maximum Gasteiger partial charge on any atom is 0.225 e. The highest BCUT2D eigenvalue weighted by Crippen LogP contribution is 2.24. The Morgan fingerprint density at radius 1 is 1.26 bits per heavy atom. The van der Waals surface area contributed by atoms with Crippen LogP contribution in [0.5, 0.6) is 0 Å². The third kappa shape index (κ3) is 3.99. The fourth-order valence-corrected chi connectivity index (χ4v) is 2.99. The number of nitrogens with zero attached hydrogens (tertiary/aromatic N) is 4. The fourth-order valence-electron chi connectivity index (χ4n) is 2.99. The third-order valence-electron chi connectivity index (χ3n) is 4.26. The number of carbonyl (C=O) groups excluding carboxylic acids is 1. The van der Waals surface area contributed by atoms with Gasteiger partial charge in [0.05, 0.1) is 25.5 Å². The average molecular weight is 318 g/mol. The van der Waals surface area contributed by atoms with Crippen molar-refractivity contribution in [2.45, 2.75) is 40.2 Å². The molecule has 1 aromatic rings. The van der Waals surface area contributed by atoms with Crippen molar-refractivity contribution >= 4 is 11.9 Å². The number of hydrogen-bond acceptors (Lipinski definition) is 5. The molecule has 0 aromatic carbocycles. The van der Waals surface area contributed by atoms with E-state index in [0.717, 1.165) is 50.9 Å². The van der Waals surface area contributed by atoms with E-state index >= 15 is 0 Å². The first-order valence-electron chi connectivity index (χ1n) is 8.38. The standard InChI is InChI=1S/C17H26N4O2/c1-17(2,3)10-15(22)21-5-4-13-11-18-16(19-14(13)12-21)20-6-8-23-9-7-20/h11H,4-10,12H2,1-3H3. The molecule has 1 amide bonds. The number of amides is 1. The number of fused-ring (bicyclic) bond motifs is 1. The largest absolute Gasteiger partial charge is 0.378 e. The van der Waals surface area contributed by atoms with Gasteiger partial charge in [-0.15, -0.1) is 0 Å². The Kier molecular flexibility index (Phi) is 4.53. The number of carbonyl (C=O) groups is 1. The van der Waals surface area contributed by atoms with Gasteiger partial charge in [-0.25, -0.2) is 9.97 Å². The van der Waals surface area contributed by atoms with E-state index < -0.39 is 0 Å². The van der Waals surface area contributed by atoms with Gasteiger partial charge in [0.15, 0.2) is 0 Å². The zero-order chi connectivity index (χ0) is 16.4. The van der Waals surface area contributed by atoms with Gasteiger partial charge in [0, 0.05) is 32.3 Å². The van der Waals surface area contributed by atoms with Crippen LogP contribution in [0, 0.1) is 5.41 Å². The topological polar surface area (TPSA) is 58.6 Å². The highest BCUT2D eigenvalue weighted by atomic mass is 16.5. The number of rotatable bonds is 2. The van der Waals surface area contributed by atoms with E-state index in [-0.39, 0.29) is 11.3 Å². The molecule has 1 aromatic heterocycles. The molecule has 0 aliphatic carbocycles. The Morgan fingerprint density at radius 3 is 2.70 bits per heavy atom. The molecule has 0 radical (unpaired) electrons. The van der Waals surface area contributed by atoms with Crippen LogP contribution in [0.4, 0.5) is 5.95 Å². The molecular weight excluding hydrogens is 292 g/mol. The highest BCUT2D eigenvalue weighted by Gasteiger charge is 2.26. The van der Waals surface area contributed by atoms with E-state index in [4.69, 9.17) is 9.72 Å². The lowest BCUT2D eigenvalue weighted by Crippen LogP contribution is -2.40. The molecule has 126 valence electrons. The van der Waals surface area contributed by atoms with Gasteiger partial charge in [0.25, 0.3) is 0 Å². The molecule has 0 saturated carbocycles. The van der Waals surface area contributed by atoms with Gasteiger partial charge < -0.3 is 14.5 Å². The van der Waals surface area contributed by atoms with Gasteiger partial charge in [0.1, 0.15) is 0 Å². The summed E-state index contributed by atoms with van der Waals surface area (Å²) in [5.74, 6) is 0.979. The van der Waals surface area contributed by atoms with Crippen LogP contribution in [0.1, 0.15) is 38.4 Å². The normalized spacial score (nSPS) is 18.7. The summed E-state index contributed by atoms with van der Waals surface area (Å²) >= 11 is 0. The van der Waals surface area contributed by atoms with Crippen molar-refractivity contribution in [2.75, 3.05) is 37.7 Å². The van der Waals surface area contributed by atoms with Crippen molar-refractivity contribution in [3.8, 4) is 0 Å². The maximum absolute atomic E-state index is 12.5. The van der Waals surface area contributed by atoms with Crippen LogP contribution in [0.3, 0.4) is 0 Å². The maximum atomic E-state index is 12.5. The Bertz CT molecular complexity index is 576. The Labute approximate surface area is 137 Å². The molecule has 0 atom stereocenters. The third-order valence-corrected chi connectivity index (χ3v) is 4.26. The number of aromatic nitrogens is 2. The Hall–Kier alpha value is -1.69. The van der Waals surface area contributed by atoms with Crippen LogP contribution < -0.4 is 4.90 Å². The monoisotopic (exact) mass is 318 g/mol. The van der Waals surface area contributed by atoms with Gasteiger partial charge in [-0.3, -0.25) is 4.79 Å². The molecule has 0 bridgehead atoms. The van der Waals surface area contributed by atoms with E-state index in [1.807, 2.05) is 11.1 Å². The fraction of sp³-hybridized carbons (Fsp3) is 0.706. The van der Waals surface area contributed by atoms with Gasteiger partial charge >= 0.3 is 0 Å². The molecule has 6 nitrogen and oxygen atoms in total. The number of ether oxygens (including phenoxy) is 1. The Balaban J connectivity index is 1.72. The van der Waals surface area contributed by atoms with Crippen molar-refractivity contribution in [1.82, 2.24) is 14.9 Å². The number of anilines is 1. The second kappa shape index (κ2) is 6.43. The predicted octanol–water partition coefficient (Wildman–Crippen LogP) is 1.63.